The van der Waals surface area contributed by atoms with E-state index in [4.69, 9.17) is 4.74 Å². The molecular weight excluding hydrogens is 483 g/mol. The minimum absolute atomic E-state index is 0. The van der Waals surface area contributed by atoms with E-state index in [1.54, 1.807) is 0 Å². The summed E-state index contributed by atoms with van der Waals surface area (Å²) in [6, 6.07) is 0. The molecule has 38 heavy (non-hydrogen) atoms. The maximum atomic E-state index is 11.9. The van der Waals surface area contributed by atoms with Gasteiger partial charge in [0.15, 0.2) is 17.4 Å². The summed E-state index contributed by atoms with van der Waals surface area (Å²) in [7, 11) is 0. The van der Waals surface area contributed by atoms with Crippen LogP contribution in [0.5, 0.6) is 0 Å². The van der Waals surface area contributed by atoms with Crippen molar-refractivity contribution in [1.82, 2.24) is 0 Å². The highest BCUT2D eigenvalue weighted by atomic mass is 27.0. The lowest BCUT2D eigenvalue weighted by Gasteiger charge is -2.05. The van der Waals surface area contributed by atoms with Crippen LogP contribution < -0.4 is 0 Å². The Morgan fingerprint density at radius 2 is 0.526 bits per heavy atom. The average Bonchev–Trinajstić information content (AvgIpc) is 2.89. The van der Waals surface area contributed by atoms with Crippen LogP contribution in [0.2, 0.25) is 0 Å². The van der Waals surface area contributed by atoms with E-state index >= 15 is 0 Å². The van der Waals surface area contributed by atoms with Crippen LogP contribution in [-0.4, -0.2) is 29.3 Å². The molecule has 0 unspecified atom stereocenters. The number of rotatable bonds is 30. The molecule has 0 N–H and O–H groups in total. The molecule has 0 amide bonds. The third-order valence-electron chi connectivity index (χ3n) is 7.70. The second-order valence-electron chi connectivity index (χ2n) is 11.5. The SMILES string of the molecule is CCCCCCCCCCCCCCCCCC(=O)OC(=O)CCCCCCCCCCCCCCC.[AlH3]. The lowest BCUT2D eigenvalue weighted by atomic mass is 10.0. The van der Waals surface area contributed by atoms with E-state index < -0.39 is 0 Å². The summed E-state index contributed by atoms with van der Waals surface area (Å²) in [6.07, 6.45) is 37.2. The monoisotopic (exact) mass is 553 g/mol. The Balaban J connectivity index is 0. The molecule has 0 aromatic rings. The summed E-state index contributed by atoms with van der Waals surface area (Å²) >= 11 is 0. The zero-order valence-corrected chi connectivity index (χ0v) is 25.4. The van der Waals surface area contributed by atoms with Crippen molar-refractivity contribution in [1.29, 1.82) is 0 Å². The highest BCUT2D eigenvalue weighted by Gasteiger charge is 2.09. The lowest BCUT2D eigenvalue weighted by molar-refractivity contribution is -0.159. The normalized spacial score (nSPS) is 10.9. The Morgan fingerprint density at radius 3 is 0.737 bits per heavy atom. The van der Waals surface area contributed by atoms with Gasteiger partial charge in [0.2, 0.25) is 0 Å². The van der Waals surface area contributed by atoms with Crippen molar-refractivity contribution in [3.63, 3.8) is 0 Å². The maximum absolute atomic E-state index is 11.9. The molecule has 0 aliphatic carbocycles. The lowest BCUT2D eigenvalue weighted by Crippen LogP contribution is -2.11. The highest BCUT2D eigenvalue weighted by molar-refractivity contribution is 5.85. The molecule has 0 fully saturated rings. The standard InChI is InChI=1S/C34H66O3.Al.3H/c1-3-5-7-9-11-13-15-17-18-20-22-24-26-28-30-32-34(36)37-33(35)31-29-27-25-23-21-19-16-14-12-10-8-6-4-2;;;;/h3-32H2,1-2H3;;;;. The quantitative estimate of drug-likeness (QED) is 0.0385. The van der Waals surface area contributed by atoms with Crippen LogP contribution in [0.1, 0.15) is 206 Å². The van der Waals surface area contributed by atoms with Crippen molar-refractivity contribution < 1.29 is 14.3 Å². The Labute approximate surface area is 249 Å². The maximum Gasteiger partial charge on any atom is 0.313 e. The van der Waals surface area contributed by atoms with Gasteiger partial charge in [-0.25, -0.2) is 0 Å². The summed E-state index contributed by atoms with van der Waals surface area (Å²) in [5.41, 5.74) is 0. The number of hydrogen-bond donors (Lipinski definition) is 0. The van der Waals surface area contributed by atoms with Crippen LogP contribution in [0.25, 0.3) is 0 Å². The fourth-order valence-electron chi connectivity index (χ4n) is 5.16. The van der Waals surface area contributed by atoms with Gasteiger partial charge in [0.25, 0.3) is 0 Å². The van der Waals surface area contributed by atoms with Crippen molar-refractivity contribution in [3.8, 4) is 0 Å². The molecule has 0 heterocycles. The first-order valence-corrected chi connectivity index (χ1v) is 16.9. The number of ether oxygens (including phenoxy) is 1. The Morgan fingerprint density at radius 1 is 0.342 bits per heavy atom. The summed E-state index contributed by atoms with van der Waals surface area (Å²) in [5, 5.41) is 0. The van der Waals surface area contributed by atoms with Gasteiger partial charge in [0.05, 0.1) is 0 Å². The molecule has 4 heteroatoms. The molecule has 226 valence electrons. The summed E-state index contributed by atoms with van der Waals surface area (Å²) < 4.78 is 5.00. The van der Waals surface area contributed by atoms with Crippen molar-refractivity contribution in [2.24, 2.45) is 0 Å². The molecule has 0 aromatic heterocycles. The van der Waals surface area contributed by atoms with E-state index in [-0.39, 0.29) is 29.3 Å². The first-order valence-electron chi connectivity index (χ1n) is 16.9. The van der Waals surface area contributed by atoms with E-state index in [1.807, 2.05) is 0 Å². The molecule has 0 bridgehead atoms. The van der Waals surface area contributed by atoms with E-state index in [1.165, 1.54) is 154 Å². The molecule has 0 aliphatic heterocycles. The van der Waals surface area contributed by atoms with E-state index in [0.29, 0.717) is 12.8 Å². The Bertz CT molecular complexity index is 480. The minimum Gasteiger partial charge on any atom is -0.393 e. The first-order chi connectivity index (χ1) is 18.2. The topological polar surface area (TPSA) is 43.4 Å². The van der Waals surface area contributed by atoms with Gasteiger partial charge in [-0.3, -0.25) is 9.59 Å². The Kier molecular flexibility index (Phi) is 36.4. The zero-order chi connectivity index (χ0) is 27.1. The van der Waals surface area contributed by atoms with Crippen LogP contribution in [0.4, 0.5) is 0 Å². The third-order valence-corrected chi connectivity index (χ3v) is 7.70. The van der Waals surface area contributed by atoms with Gasteiger partial charge in [-0.05, 0) is 12.8 Å². The third kappa shape index (κ3) is 33.7. The van der Waals surface area contributed by atoms with Gasteiger partial charge < -0.3 is 4.74 Å². The Hall–Kier alpha value is -0.328. The van der Waals surface area contributed by atoms with Crippen LogP contribution in [0.15, 0.2) is 0 Å². The summed E-state index contributed by atoms with van der Waals surface area (Å²) in [6.45, 7) is 4.55. The zero-order valence-electron chi connectivity index (χ0n) is 25.4. The van der Waals surface area contributed by atoms with Crippen molar-refractivity contribution in [2.45, 2.75) is 206 Å². The van der Waals surface area contributed by atoms with Crippen molar-refractivity contribution >= 4 is 29.3 Å². The summed E-state index contributed by atoms with van der Waals surface area (Å²) in [5.74, 6) is -0.650. The molecule has 0 aliphatic rings. The van der Waals surface area contributed by atoms with Gasteiger partial charge in [0.1, 0.15) is 0 Å². The molecule has 0 atom stereocenters. The van der Waals surface area contributed by atoms with Crippen LogP contribution in [-0.2, 0) is 14.3 Å². The summed E-state index contributed by atoms with van der Waals surface area (Å²) in [4.78, 5) is 23.8. The molecule has 3 nitrogen and oxygen atoms in total. The predicted molar refractivity (Wildman–Crippen MR) is 171 cm³/mol. The second-order valence-corrected chi connectivity index (χ2v) is 11.5. The smallest absolute Gasteiger partial charge is 0.313 e. The van der Waals surface area contributed by atoms with Crippen molar-refractivity contribution in [3.05, 3.63) is 0 Å². The molecule has 0 saturated carbocycles. The van der Waals surface area contributed by atoms with Gasteiger partial charge >= 0.3 is 11.9 Å². The number of carbonyl (C=O) groups is 2. The predicted octanol–water partition coefficient (Wildman–Crippen LogP) is 10.6. The first kappa shape index (κ1) is 39.8. The molecule has 0 saturated heterocycles. The fraction of sp³-hybridized carbons (Fsp3) is 0.941. The van der Waals surface area contributed by atoms with Gasteiger partial charge in [-0.15, -0.1) is 0 Å². The second kappa shape index (κ2) is 34.7. The molecule has 0 radical (unpaired) electrons. The van der Waals surface area contributed by atoms with E-state index in [2.05, 4.69) is 13.8 Å². The highest BCUT2D eigenvalue weighted by Crippen LogP contribution is 2.15. The average molecular weight is 553 g/mol. The van der Waals surface area contributed by atoms with Gasteiger partial charge in [-0.1, -0.05) is 181 Å². The van der Waals surface area contributed by atoms with E-state index in [0.717, 1.165) is 25.7 Å². The molecular formula is C34H69AlO3. The number of esters is 2. The van der Waals surface area contributed by atoms with Gasteiger partial charge in [-0.2, -0.15) is 0 Å². The molecule has 0 spiro atoms. The largest absolute Gasteiger partial charge is 0.393 e. The van der Waals surface area contributed by atoms with Crippen LogP contribution >= 0.6 is 0 Å². The number of hydrogen-bond acceptors (Lipinski definition) is 3. The van der Waals surface area contributed by atoms with Gasteiger partial charge in [0, 0.05) is 12.8 Å². The fourth-order valence-corrected chi connectivity index (χ4v) is 5.16. The van der Waals surface area contributed by atoms with E-state index in [9.17, 15) is 9.59 Å². The molecule has 0 aromatic carbocycles. The van der Waals surface area contributed by atoms with Crippen LogP contribution in [0.3, 0.4) is 0 Å². The number of carbonyl (C=O) groups excluding carboxylic acids is 2. The van der Waals surface area contributed by atoms with Crippen LogP contribution in [0, 0.1) is 0 Å². The minimum atomic E-state index is -0.325. The van der Waals surface area contributed by atoms with Crippen molar-refractivity contribution in [2.75, 3.05) is 0 Å². The molecule has 0 rings (SSSR count). The number of unbranched alkanes of at least 4 members (excludes halogenated alkanes) is 26.